The highest BCUT2D eigenvalue weighted by molar-refractivity contribution is 5.86. The van der Waals surface area contributed by atoms with Crippen molar-refractivity contribution in [3.63, 3.8) is 0 Å². The molecule has 1 rings (SSSR count). The van der Waals surface area contributed by atoms with Crippen molar-refractivity contribution in [3.05, 3.63) is 24.0 Å². The van der Waals surface area contributed by atoms with Gasteiger partial charge in [0.15, 0.2) is 0 Å². The number of carbonyl (C=O) groups is 1. The molecule has 3 heteroatoms. The van der Waals surface area contributed by atoms with Crippen molar-refractivity contribution >= 4 is 5.97 Å². The van der Waals surface area contributed by atoms with Gasteiger partial charge in [-0.25, -0.2) is 4.79 Å². The summed E-state index contributed by atoms with van der Waals surface area (Å²) < 4.78 is 10.4. The topological polar surface area (TPSA) is 35.5 Å². The number of hydrogen-bond acceptors (Lipinski definition) is 3. The molecule has 0 N–H and O–H groups in total. The Bertz CT molecular complexity index is 262. The van der Waals surface area contributed by atoms with E-state index in [0.717, 1.165) is 25.0 Å². The summed E-state index contributed by atoms with van der Waals surface area (Å²) in [5, 5.41) is 0. The van der Waals surface area contributed by atoms with Gasteiger partial charge in [-0.2, -0.15) is 0 Å². The maximum Gasteiger partial charge on any atom is 0.336 e. The van der Waals surface area contributed by atoms with Crippen LogP contribution >= 0.6 is 0 Å². The Labute approximate surface area is 84.4 Å². The second kappa shape index (κ2) is 4.84. The standard InChI is InChI=1S/C11H16O3/c1-8(2)11(12)14-9(3)13-10-6-4-5-7-10/h6,9H,1,4-5,7H2,2-3H3. The van der Waals surface area contributed by atoms with Gasteiger partial charge in [0.2, 0.25) is 6.29 Å². The van der Waals surface area contributed by atoms with E-state index in [1.54, 1.807) is 13.8 Å². The first-order valence-corrected chi connectivity index (χ1v) is 4.82. The van der Waals surface area contributed by atoms with E-state index in [0.29, 0.717) is 5.57 Å². The van der Waals surface area contributed by atoms with Crippen molar-refractivity contribution in [2.24, 2.45) is 0 Å². The summed E-state index contributed by atoms with van der Waals surface area (Å²) in [5.41, 5.74) is 0.390. The van der Waals surface area contributed by atoms with E-state index < -0.39 is 12.3 Å². The zero-order chi connectivity index (χ0) is 10.6. The first-order chi connectivity index (χ1) is 6.59. The van der Waals surface area contributed by atoms with Crippen LogP contribution in [0.15, 0.2) is 24.0 Å². The predicted molar refractivity (Wildman–Crippen MR) is 53.4 cm³/mol. The van der Waals surface area contributed by atoms with Crippen LogP contribution in [-0.4, -0.2) is 12.3 Å². The highest BCUT2D eigenvalue weighted by Crippen LogP contribution is 2.20. The third kappa shape index (κ3) is 3.24. The first kappa shape index (κ1) is 10.8. The SMILES string of the molecule is C=C(C)C(=O)OC(C)OC1=CCCC1. The molecule has 0 saturated heterocycles. The molecule has 3 nitrogen and oxygen atoms in total. The zero-order valence-corrected chi connectivity index (χ0v) is 8.71. The van der Waals surface area contributed by atoms with Crippen LogP contribution in [0.5, 0.6) is 0 Å². The summed E-state index contributed by atoms with van der Waals surface area (Å²) in [5.74, 6) is 0.517. The van der Waals surface area contributed by atoms with Gasteiger partial charge in [0.05, 0.1) is 5.76 Å². The Morgan fingerprint density at radius 3 is 2.86 bits per heavy atom. The van der Waals surface area contributed by atoms with E-state index in [-0.39, 0.29) is 0 Å². The molecule has 0 aromatic rings. The fourth-order valence-corrected chi connectivity index (χ4v) is 1.24. The fraction of sp³-hybridized carbons (Fsp3) is 0.545. The molecule has 1 unspecified atom stereocenters. The zero-order valence-electron chi connectivity index (χ0n) is 8.71. The van der Waals surface area contributed by atoms with Crippen LogP contribution in [0.1, 0.15) is 33.1 Å². The lowest BCUT2D eigenvalue weighted by Gasteiger charge is -2.15. The molecule has 0 heterocycles. The molecule has 1 aliphatic rings. The van der Waals surface area contributed by atoms with Gasteiger partial charge in [-0.1, -0.05) is 6.58 Å². The molecule has 0 aromatic carbocycles. The summed E-state index contributed by atoms with van der Waals surface area (Å²) in [6, 6.07) is 0. The summed E-state index contributed by atoms with van der Waals surface area (Å²) in [6.07, 6.45) is 4.62. The van der Waals surface area contributed by atoms with Crippen LogP contribution in [0.2, 0.25) is 0 Å². The maximum absolute atomic E-state index is 11.1. The second-order valence-corrected chi connectivity index (χ2v) is 3.43. The molecule has 0 amide bonds. The Morgan fingerprint density at radius 2 is 2.36 bits per heavy atom. The van der Waals surface area contributed by atoms with E-state index in [9.17, 15) is 4.79 Å². The second-order valence-electron chi connectivity index (χ2n) is 3.43. The van der Waals surface area contributed by atoms with Gasteiger partial charge in [-0.3, -0.25) is 0 Å². The highest BCUT2D eigenvalue weighted by Gasteiger charge is 2.13. The number of ether oxygens (including phenoxy) is 2. The number of hydrogen-bond donors (Lipinski definition) is 0. The summed E-state index contributed by atoms with van der Waals surface area (Å²) in [6.45, 7) is 6.82. The van der Waals surface area contributed by atoms with Crippen LogP contribution in [-0.2, 0) is 14.3 Å². The summed E-state index contributed by atoms with van der Waals surface area (Å²) in [4.78, 5) is 11.1. The lowest BCUT2D eigenvalue weighted by molar-refractivity contribution is -0.163. The first-order valence-electron chi connectivity index (χ1n) is 4.82. The molecule has 0 saturated carbocycles. The smallest absolute Gasteiger partial charge is 0.336 e. The molecule has 1 aliphatic carbocycles. The Morgan fingerprint density at radius 1 is 1.64 bits per heavy atom. The number of allylic oxidation sites excluding steroid dienone is 2. The third-order valence-corrected chi connectivity index (χ3v) is 1.94. The number of esters is 1. The van der Waals surface area contributed by atoms with E-state index >= 15 is 0 Å². The summed E-state index contributed by atoms with van der Waals surface area (Å²) >= 11 is 0. The number of rotatable bonds is 4. The molecule has 0 radical (unpaired) electrons. The van der Waals surface area contributed by atoms with Gasteiger partial charge in [-0.15, -0.1) is 0 Å². The highest BCUT2D eigenvalue weighted by atomic mass is 16.7. The molecule has 14 heavy (non-hydrogen) atoms. The van der Waals surface area contributed by atoms with Crippen LogP contribution in [0, 0.1) is 0 Å². The van der Waals surface area contributed by atoms with E-state index in [1.165, 1.54) is 0 Å². The minimum absolute atomic E-state index is 0.390. The van der Waals surface area contributed by atoms with Crippen molar-refractivity contribution < 1.29 is 14.3 Å². The van der Waals surface area contributed by atoms with Crippen LogP contribution in [0.25, 0.3) is 0 Å². The average Bonchev–Trinajstić information content (AvgIpc) is 2.56. The lowest BCUT2D eigenvalue weighted by atomic mass is 10.3. The Hall–Kier alpha value is -1.25. The molecule has 0 bridgehead atoms. The van der Waals surface area contributed by atoms with Gasteiger partial charge in [-0.05, 0) is 25.8 Å². The molecule has 0 aliphatic heterocycles. The Kier molecular flexibility index (Phi) is 3.74. The molecule has 0 aromatic heterocycles. The monoisotopic (exact) mass is 196 g/mol. The Balaban J connectivity index is 2.31. The van der Waals surface area contributed by atoms with Gasteiger partial charge in [0, 0.05) is 18.9 Å². The molecule has 78 valence electrons. The van der Waals surface area contributed by atoms with E-state index in [1.807, 2.05) is 6.08 Å². The van der Waals surface area contributed by atoms with Gasteiger partial charge in [0.25, 0.3) is 0 Å². The molecular weight excluding hydrogens is 180 g/mol. The average molecular weight is 196 g/mol. The van der Waals surface area contributed by atoms with Crippen molar-refractivity contribution in [2.75, 3.05) is 0 Å². The molecular formula is C11H16O3. The van der Waals surface area contributed by atoms with Crippen LogP contribution in [0.3, 0.4) is 0 Å². The normalized spacial score (nSPS) is 17.1. The third-order valence-electron chi connectivity index (χ3n) is 1.94. The lowest BCUT2D eigenvalue weighted by Crippen LogP contribution is -2.17. The predicted octanol–water partition coefficient (Wildman–Crippen LogP) is 2.54. The van der Waals surface area contributed by atoms with Crippen molar-refractivity contribution in [3.8, 4) is 0 Å². The molecule has 1 atom stereocenters. The van der Waals surface area contributed by atoms with Crippen LogP contribution in [0.4, 0.5) is 0 Å². The minimum Gasteiger partial charge on any atom is -0.460 e. The minimum atomic E-state index is -0.524. The fourth-order valence-electron chi connectivity index (χ4n) is 1.24. The van der Waals surface area contributed by atoms with Crippen molar-refractivity contribution in [2.45, 2.75) is 39.4 Å². The maximum atomic E-state index is 11.1. The van der Waals surface area contributed by atoms with Gasteiger partial charge < -0.3 is 9.47 Å². The van der Waals surface area contributed by atoms with E-state index in [4.69, 9.17) is 9.47 Å². The number of carbonyl (C=O) groups excluding carboxylic acids is 1. The quantitative estimate of drug-likeness (QED) is 0.394. The molecule has 0 spiro atoms. The van der Waals surface area contributed by atoms with Gasteiger partial charge in [0.1, 0.15) is 0 Å². The van der Waals surface area contributed by atoms with Crippen molar-refractivity contribution in [1.29, 1.82) is 0 Å². The largest absolute Gasteiger partial charge is 0.460 e. The van der Waals surface area contributed by atoms with Crippen molar-refractivity contribution in [1.82, 2.24) is 0 Å². The van der Waals surface area contributed by atoms with E-state index in [2.05, 4.69) is 6.58 Å². The molecule has 0 fully saturated rings. The summed E-state index contributed by atoms with van der Waals surface area (Å²) in [7, 11) is 0. The van der Waals surface area contributed by atoms with Gasteiger partial charge >= 0.3 is 5.97 Å². The van der Waals surface area contributed by atoms with Crippen LogP contribution < -0.4 is 0 Å².